The SMILES string of the molecule is CCCc1ccc(OC(=O)C2=C(C(=O)Oc3ccc(CCC)c(CCC)c3)C3C=CC2C3(C)C)cc1CCC. The summed E-state index contributed by atoms with van der Waals surface area (Å²) < 4.78 is 11.9. The van der Waals surface area contributed by atoms with Crippen molar-refractivity contribution in [2.24, 2.45) is 17.3 Å². The number of hydrogen-bond acceptors (Lipinski definition) is 4. The molecule has 0 aromatic heterocycles. The van der Waals surface area contributed by atoms with Gasteiger partial charge >= 0.3 is 11.9 Å². The molecule has 208 valence electrons. The molecular formula is C35H44O4. The van der Waals surface area contributed by atoms with Gasteiger partial charge in [0.2, 0.25) is 0 Å². The van der Waals surface area contributed by atoms with Crippen LogP contribution in [0, 0.1) is 17.3 Å². The Bertz CT molecular complexity index is 1180. The molecule has 2 atom stereocenters. The number of ether oxygens (including phenoxy) is 2. The third-order valence-electron chi connectivity index (χ3n) is 8.31. The van der Waals surface area contributed by atoms with Crippen LogP contribution < -0.4 is 9.47 Å². The van der Waals surface area contributed by atoms with E-state index in [1.54, 1.807) is 0 Å². The van der Waals surface area contributed by atoms with Crippen LogP contribution in [0.5, 0.6) is 11.5 Å². The van der Waals surface area contributed by atoms with Crippen molar-refractivity contribution < 1.29 is 19.1 Å². The van der Waals surface area contributed by atoms with Gasteiger partial charge in [-0.3, -0.25) is 0 Å². The second kappa shape index (κ2) is 12.4. The fraction of sp³-hybridized carbons (Fsp3) is 0.486. The lowest BCUT2D eigenvalue weighted by molar-refractivity contribution is -0.133. The van der Waals surface area contributed by atoms with Crippen LogP contribution in [-0.4, -0.2) is 11.9 Å². The quantitative estimate of drug-likeness (QED) is 0.158. The second-order valence-electron chi connectivity index (χ2n) is 11.6. The highest BCUT2D eigenvalue weighted by Gasteiger charge is 2.55. The number of carbonyl (C=O) groups is 2. The minimum absolute atomic E-state index is 0.186. The van der Waals surface area contributed by atoms with Crippen LogP contribution in [0.2, 0.25) is 0 Å². The molecule has 2 aliphatic carbocycles. The summed E-state index contributed by atoms with van der Waals surface area (Å²) in [6.07, 6.45) is 12.2. The zero-order valence-corrected chi connectivity index (χ0v) is 24.6. The molecule has 0 spiro atoms. The summed E-state index contributed by atoms with van der Waals surface area (Å²) in [5, 5.41) is 0. The molecule has 0 N–H and O–H groups in total. The van der Waals surface area contributed by atoms with E-state index >= 15 is 0 Å². The van der Waals surface area contributed by atoms with E-state index in [-0.39, 0.29) is 17.3 Å². The van der Waals surface area contributed by atoms with Crippen LogP contribution in [0.25, 0.3) is 0 Å². The number of aryl methyl sites for hydroxylation is 4. The minimum Gasteiger partial charge on any atom is -0.423 e. The third-order valence-corrected chi connectivity index (χ3v) is 8.31. The smallest absolute Gasteiger partial charge is 0.340 e. The topological polar surface area (TPSA) is 52.6 Å². The van der Waals surface area contributed by atoms with Gasteiger partial charge in [0.1, 0.15) is 11.5 Å². The zero-order chi connectivity index (χ0) is 28.2. The molecule has 2 aromatic rings. The molecule has 2 bridgehead atoms. The van der Waals surface area contributed by atoms with Gasteiger partial charge in [-0.05, 0) is 77.6 Å². The monoisotopic (exact) mass is 528 g/mol. The lowest BCUT2D eigenvalue weighted by Crippen LogP contribution is -2.24. The highest BCUT2D eigenvalue weighted by Crippen LogP contribution is 2.57. The van der Waals surface area contributed by atoms with Gasteiger partial charge in [-0.25, -0.2) is 9.59 Å². The molecule has 2 unspecified atom stereocenters. The van der Waals surface area contributed by atoms with Gasteiger partial charge in [-0.1, -0.05) is 91.5 Å². The van der Waals surface area contributed by atoms with Crippen molar-refractivity contribution in [2.45, 2.75) is 92.9 Å². The molecule has 39 heavy (non-hydrogen) atoms. The van der Waals surface area contributed by atoms with Gasteiger partial charge in [0.05, 0.1) is 11.1 Å². The number of fused-ring (bicyclic) bond motifs is 2. The van der Waals surface area contributed by atoms with Crippen molar-refractivity contribution in [1.29, 1.82) is 0 Å². The fourth-order valence-electron chi connectivity index (χ4n) is 6.34. The van der Waals surface area contributed by atoms with Crippen LogP contribution >= 0.6 is 0 Å². The number of esters is 2. The average Bonchev–Trinajstić information content (AvgIpc) is 3.32. The van der Waals surface area contributed by atoms with Gasteiger partial charge in [-0.15, -0.1) is 0 Å². The van der Waals surface area contributed by atoms with Crippen molar-refractivity contribution in [1.82, 2.24) is 0 Å². The Balaban J connectivity index is 1.63. The Hall–Kier alpha value is -3.14. The molecular weight excluding hydrogens is 484 g/mol. The molecule has 0 saturated heterocycles. The zero-order valence-electron chi connectivity index (χ0n) is 24.6. The van der Waals surface area contributed by atoms with Gasteiger partial charge in [0.25, 0.3) is 0 Å². The first-order chi connectivity index (χ1) is 18.7. The summed E-state index contributed by atoms with van der Waals surface area (Å²) in [7, 11) is 0. The number of carbonyl (C=O) groups excluding carboxylic acids is 2. The van der Waals surface area contributed by atoms with Crippen molar-refractivity contribution in [3.8, 4) is 11.5 Å². The minimum atomic E-state index is -0.456. The van der Waals surface area contributed by atoms with E-state index in [1.165, 1.54) is 22.3 Å². The third kappa shape index (κ3) is 5.90. The number of rotatable bonds is 12. The molecule has 2 aromatic carbocycles. The Labute approximate surface area is 234 Å². The van der Waals surface area contributed by atoms with Crippen molar-refractivity contribution in [3.63, 3.8) is 0 Å². The Kier molecular flexibility index (Phi) is 9.15. The molecule has 4 rings (SSSR count). The molecule has 0 fully saturated rings. The number of benzene rings is 2. The predicted molar refractivity (Wildman–Crippen MR) is 157 cm³/mol. The van der Waals surface area contributed by atoms with Gasteiger partial charge in [0.15, 0.2) is 0 Å². The molecule has 0 saturated carbocycles. The first-order valence-corrected chi connectivity index (χ1v) is 14.8. The van der Waals surface area contributed by atoms with Crippen LogP contribution in [0.4, 0.5) is 0 Å². The van der Waals surface area contributed by atoms with E-state index in [4.69, 9.17) is 9.47 Å². The number of hydrogen-bond donors (Lipinski definition) is 0. The highest BCUT2D eigenvalue weighted by atomic mass is 16.5. The molecule has 0 aliphatic heterocycles. The fourth-order valence-corrected chi connectivity index (χ4v) is 6.34. The maximum Gasteiger partial charge on any atom is 0.340 e. The number of allylic oxidation sites excluding steroid dienone is 2. The standard InChI is InChI=1S/C35H44O4/c1-7-11-23-15-17-27(21-25(23)13-9-3)38-33(36)31-29-19-20-30(35(29,5)6)32(31)34(37)39-28-18-16-24(12-8-2)26(22-28)14-10-4/h15-22,29-30H,7-14H2,1-6H3. The maximum absolute atomic E-state index is 13.7. The van der Waals surface area contributed by atoms with Crippen LogP contribution in [0.1, 0.15) is 89.5 Å². The Morgan fingerprint density at radius 1 is 0.615 bits per heavy atom. The van der Waals surface area contributed by atoms with Gasteiger partial charge < -0.3 is 9.47 Å². The summed E-state index contributed by atoms with van der Waals surface area (Å²) in [4.78, 5) is 27.3. The van der Waals surface area contributed by atoms with Crippen molar-refractivity contribution in [3.05, 3.63) is 82.0 Å². The summed E-state index contributed by atoms with van der Waals surface area (Å²) in [5.74, 6) is -0.220. The van der Waals surface area contributed by atoms with E-state index in [9.17, 15) is 9.59 Å². The highest BCUT2D eigenvalue weighted by molar-refractivity contribution is 6.05. The van der Waals surface area contributed by atoms with Crippen LogP contribution in [0.15, 0.2) is 59.7 Å². The van der Waals surface area contributed by atoms with E-state index < -0.39 is 11.9 Å². The molecule has 0 amide bonds. The lowest BCUT2D eigenvalue weighted by atomic mass is 9.77. The van der Waals surface area contributed by atoms with E-state index in [0.29, 0.717) is 22.6 Å². The normalized spacial score (nSPS) is 19.0. The summed E-state index contributed by atoms with van der Waals surface area (Å²) in [6, 6.07) is 11.9. The lowest BCUT2D eigenvalue weighted by Gasteiger charge is -2.26. The van der Waals surface area contributed by atoms with E-state index in [0.717, 1.165) is 51.4 Å². The maximum atomic E-state index is 13.7. The summed E-state index contributed by atoms with van der Waals surface area (Å²) in [5.41, 5.74) is 5.63. The van der Waals surface area contributed by atoms with E-state index in [2.05, 4.69) is 53.7 Å². The van der Waals surface area contributed by atoms with Crippen molar-refractivity contribution in [2.75, 3.05) is 0 Å². The Morgan fingerprint density at radius 2 is 0.974 bits per heavy atom. The Morgan fingerprint density at radius 3 is 1.33 bits per heavy atom. The second-order valence-corrected chi connectivity index (χ2v) is 11.6. The molecule has 0 heterocycles. The van der Waals surface area contributed by atoms with E-state index in [1.807, 2.05) is 36.4 Å². The predicted octanol–water partition coefficient (Wildman–Crippen LogP) is 8.15. The molecule has 4 nitrogen and oxygen atoms in total. The molecule has 2 aliphatic rings. The van der Waals surface area contributed by atoms with Crippen LogP contribution in [0.3, 0.4) is 0 Å². The van der Waals surface area contributed by atoms with Gasteiger partial charge in [0, 0.05) is 11.8 Å². The largest absolute Gasteiger partial charge is 0.423 e. The summed E-state index contributed by atoms with van der Waals surface area (Å²) >= 11 is 0. The van der Waals surface area contributed by atoms with Crippen LogP contribution in [-0.2, 0) is 35.3 Å². The molecule has 0 radical (unpaired) electrons. The van der Waals surface area contributed by atoms with Gasteiger partial charge in [-0.2, -0.15) is 0 Å². The first kappa shape index (κ1) is 28.9. The summed E-state index contributed by atoms with van der Waals surface area (Å²) in [6.45, 7) is 12.9. The van der Waals surface area contributed by atoms with Crippen molar-refractivity contribution >= 4 is 11.9 Å². The molecule has 4 heteroatoms. The average molecular weight is 529 g/mol. The first-order valence-electron chi connectivity index (χ1n) is 14.8.